The lowest BCUT2D eigenvalue weighted by atomic mass is 10.1. The van der Waals surface area contributed by atoms with Gasteiger partial charge >= 0.3 is 23.7 Å². The fourth-order valence-electron chi connectivity index (χ4n) is 2.93. The van der Waals surface area contributed by atoms with E-state index in [0.29, 0.717) is 30.8 Å². The number of hydrogen-bond donors (Lipinski definition) is 0. The molecular weight excluding hydrogens is 432 g/mol. The quantitative estimate of drug-likeness (QED) is 0.257. The van der Waals surface area contributed by atoms with E-state index < -0.39 is 23.7 Å². The van der Waals surface area contributed by atoms with Crippen molar-refractivity contribution in [2.24, 2.45) is 0 Å². The summed E-state index contributed by atoms with van der Waals surface area (Å²) in [7, 11) is 0. The van der Waals surface area contributed by atoms with Crippen LogP contribution < -0.4 is 14.2 Å². The molecule has 2 unspecified atom stereocenters. The molecule has 2 aliphatic heterocycles. The summed E-state index contributed by atoms with van der Waals surface area (Å²) in [4.78, 5) is 24.5. The topological polar surface area (TPSA) is 126 Å². The number of hydrogen-bond acceptors (Lipinski definition) is 10. The van der Waals surface area contributed by atoms with Gasteiger partial charge in [0.2, 0.25) is 0 Å². The molecule has 0 amide bonds. The van der Waals surface area contributed by atoms with Crippen LogP contribution in [0.25, 0.3) is 0 Å². The second-order valence-corrected chi connectivity index (χ2v) is 7.57. The smallest absolute Gasteiger partial charge is 0.401 e. The van der Waals surface area contributed by atoms with Gasteiger partial charge in [0.25, 0.3) is 0 Å². The molecule has 2 fully saturated rings. The zero-order valence-corrected chi connectivity index (χ0v) is 17.5. The number of epoxide rings is 2. The van der Waals surface area contributed by atoms with Crippen molar-refractivity contribution in [3.05, 3.63) is 65.9 Å². The highest BCUT2D eigenvalue weighted by atomic mass is 16.6. The molecule has 2 atom stereocenters. The Morgan fingerprint density at radius 3 is 1.85 bits per heavy atom. The second kappa shape index (κ2) is 9.39. The Hall–Kier alpha value is -3.76. The van der Waals surface area contributed by atoms with Gasteiger partial charge in [0.1, 0.15) is 30.0 Å². The zero-order valence-electron chi connectivity index (χ0n) is 17.5. The summed E-state index contributed by atoms with van der Waals surface area (Å²) < 4.78 is 31.3. The highest BCUT2D eigenvalue weighted by molar-refractivity contribution is 5.89. The molecule has 10 nitrogen and oxygen atoms in total. The molecule has 2 aliphatic rings. The number of aryl methyl sites for hydroxylation is 1. The van der Waals surface area contributed by atoms with Crippen molar-refractivity contribution in [2.75, 3.05) is 19.8 Å². The molecule has 0 bridgehead atoms. The highest BCUT2D eigenvalue weighted by Crippen LogP contribution is 2.21. The first-order valence-corrected chi connectivity index (χ1v) is 10.5. The van der Waals surface area contributed by atoms with Gasteiger partial charge < -0.3 is 28.1 Å². The standard InChI is InChI=1S/C23H20N2O8/c26-22(31-16-4-1-14(2-5-16)3-6-18-11-29-18)20-24-25-21(33-20)23(27)32-17-9-7-15(8-10-17)28-12-19-13-30-19/h1-2,4-5,7-10,18-19H,3,6,11-13H2. The predicted octanol–water partition coefficient (Wildman–Crippen LogP) is 2.62. The van der Waals surface area contributed by atoms with Crippen molar-refractivity contribution in [1.29, 1.82) is 0 Å². The van der Waals surface area contributed by atoms with Crippen LogP contribution in [0.2, 0.25) is 0 Å². The van der Waals surface area contributed by atoms with Crippen LogP contribution in [-0.4, -0.2) is 54.2 Å². The minimum absolute atomic E-state index is 0.146. The van der Waals surface area contributed by atoms with Gasteiger partial charge in [-0.1, -0.05) is 12.1 Å². The normalized spacial score (nSPS) is 18.4. The predicted molar refractivity (Wildman–Crippen MR) is 110 cm³/mol. The largest absolute Gasteiger partial charge is 0.491 e. The van der Waals surface area contributed by atoms with Crippen molar-refractivity contribution < 1.29 is 37.7 Å². The van der Waals surface area contributed by atoms with Gasteiger partial charge in [0, 0.05) is 0 Å². The Morgan fingerprint density at radius 2 is 1.30 bits per heavy atom. The Kier molecular flexibility index (Phi) is 6.01. The highest BCUT2D eigenvalue weighted by Gasteiger charge is 2.24. The molecule has 10 heteroatoms. The van der Waals surface area contributed by atoms with E-state index in [1.54, 1.807) is 36.4 Å². The summed E-state index contributed by atoms with van der Waals surface area (Å²) in [5.74, 6) is -1.49. The molecule has 2 aromatic carbocycles. The van der Waals surface area contributed by atoms with Crippen LogP contribution in [0.1, 0.15) is 33.4 Å². The Morgan fingerprint density at radius 1 is 0.788 bits per heavy atom. The average Bonchev–Trinajstić information content (AvgIpc) is 3.77. The molecule has 0 spiro atoms. The third kappa shape index (κ3) is 5.93. The third-order valence-electron chi connectivity index (χ3n) is 4.94. The van der Waals surface area contributed by atoms with E-state index in [1.165, 1.54) is 0 Å². The lowest BCUT2D eigenvalue weighted by Crippen LogP contribution is -2.10. The minimum Gasteiger partial charge on any atom is -0.491 e. The van der Waals surface area contributed by atoms with Crippen LogP contribution in [0.4, 0.5) is 0 Å². The van der Waals surface area contributed by atoms with E-state index in [4.69, 9.17) is 28.1 Å². The number of rotatable bonds is 10. The van der Waals surface area contributed by atoms with Crippen LogP contribution in [0.15, 0.2) is 52.9 Å². The number of ether oxygens (including phenoxy) is 5. The summed E-state index contributed by atoms with van der Waals surface area (Å²) in [5, 5.41) is 7.14. The summed E-state index contributed by atoms with van der Waals surface area (Å²) >= 11 is 0. The SMILES string of the molecule is O=C(Oc1ccc(CCC2CO2)cc1)c1nnc(C(=O)Oc2ccc(OCC3CO3)cc2)o1. The molecule has 0 N–H and O–H groups in total. The number of esters is 2. The van der Waals surface area contributed by atoms with E-state index in [0.717, 1.165) is 25.0 Å². The van der Waals surface area contributed by atoms with Crippen molar-refractivity contribution >= 4 is 11.9 Å². The van der Waals surface area contributed by atoms with Gasteiger partial charge in [0.15, 0.2) is 0 Å². The maximum Gasteiger partial charge on any atom is 0.401 e. The average molecular weight is 452 g/mol. The molecule has 33 heavy (non-hydrogen) atoms. The summed E-state index contributed by atoms with van der Waals surface area (Å²) in [6.45, 7) is 2.01. The zero-order chi connectivity index (χ0) is 22.6. The monoisotopic (exact) mass is 452 g/mol. The lowest BCUT2D eigenvalue weighted by molar-refractivity contribution is 0.0663. The van der Waals surface area contributed by atoms with Gasteiger partial charge in [-0.25, -0.2) is 9.59 Å². The van der Waals surface area contributed by atoms with E-state index >= 15 is 0 Å². The van der Waals surface area contributed by atoms with E-state index in [1.807, 2.05) is 12.1 Å². The Labute approximate surface area is 188 Å². The fourth-order valence-corrected chi connectivity index (χ4v) is 2.93. The summed E-state index contributed by atoms with van der Waals surface area (Å²) in [5.41, 5.74) is 1.12. The first-order valence-electron chi connectivity index (χ1n) is 10.5. The maximum atomic E-state index is 12.3. The van der Waals surface area contributed by atoms with Crippen LogP contribution in [0.3, 0.4) is 0 Å². The first kappa shape index (κ1) is 21.1. The number of carbonyl (C=O) groups is 2. The van der Waals surface area contributed by atoms with Crippen molar-refractivity contribution in [3.8, 4) is 17.2 Å². The molecule has 2 saturated heterocycles. The fraction of sp³-hybridized carbons (Fsp3) is 0.304. The minimum atomic E-state index is -0.898. The Balaban J connectivity index is 1.12. The summed E-state index contributed by atoms with van der Waals surface area (Å²) in [6, 6.07) is 13.5. The van der Waals surface area contributed by atoms with E-state index in [9.17, 15) is 9.59 Å². The van der Waals surface area contributed by atoms with E-state index in [-0.39, 0.29) is 11.9 Å². The third-order valence-corrected chi connectivity index (χ3v) is 4.94. The number of aromatic nitrogens is 2. The number of benzene rings is 2. The molecule has 1 aromatic heterocycles. The van der Waals surface area contributed by atoms with Crippen LogP contribution >= 0.6 is 0 Å². The molecular formula is C23H20N2O8. The number of nitrogens with zero attached hydrogens (tertiary/aromatic N) is 2. The van der Waals surface area contributed by atoms with Gasteiger partial charge in [-0.05, 0) is 54.8 Å². The van der Waals surface area contributed by atoms with Crippen LogP contribution in [-0.2, 0) is 15.9 Å². The van der Waals surface area contributed by atoms with Crippen molar-refractivity contribution in [3.63, 3.8) is 0 Å². The number of carbonyl (C=O) groups excluding carboxylic acids is 2. The van der Waals surface area contributed by atoms with Crippen molar-refractivity contribution in [2.45, 2.75) is 25.0 Å². The Bertz CT molecular complexity index is 1030. The van der Waals surface area contributed by atoms with E-state index in [2.05, 4.69) is 10.2 Å². The maximum absolute atomic E-state index is 12.3. The van der Waals surface area contributed by atoms with Gasteiger partial charge in [-0.15, -0.1) is 10.2 Å². The molecule has 3 heterocycles. The molecule has 0 saturated carbocycles. The van der Waals surface area contributed by atoms with Gasteiger partial charge in [-0.3, -0.25) is 0 Å². The van der Waals surface area contributed by atoms with Crippen molar-refractivity contribution in [1.82, 2.24) is 10.2 Å². The van der Waals surface area contributed by atoms with Gasteiger partial charge in [0.05, 0.1) is 19.3 Å². The molecule has 3 aromatic rings. The molecule has 5 rings (SSSR count). The van der Waals surface area contributed by atoms with Crippen LogP contribution in [0, 0.1) is 0 Å². The molecule has 0 aliphatic carbocycles. The lowest BCUT2D eigenvalue weighted by Gasteiger charge is -2.05. The second-order valence-electron chi connectivity index (χ2n) is 7.57. The molecule has 170 valence electrons. The first-order chi connectivity index (χ1) is 16.1. The van der Waals surface area contributed by atoms with Gasteiger partial charge in [-0.2, -0.15) is 0 Å². The summed E-state index contributed by atoms with van der Waals surface area (Å²) in [6.07, 6.45) is 2.36. The molecule has 0 radical (unpaired) electrons. The van der Waals surface area contributed by atoms with Crippen LogP contribution in [0.5, 0.6) is 17.2 Å².